The Bertz CT molecular complexity index is 1430. The zero-order valence-electron chi connectivity index (χ0n) is 17.7. The van der Waals surface area contributed by atoms with Crippen LogP contribution in [0.4, 0.5) is 24.8 Å². The Kier molecular flexibility index (Phi) is 5.52. The lowest BCUT2D eigenvalue weighted by atomic mass is 10.1. The summed E-state index contributed by atoms with van der Waals surface area (Å²) in [5.74, 6) is 5.40. The molecule has 3 N–H and O–H groups in total. The fraction of sp³-hybridized carbons (Fsp3) is 0.125. The predicted molar refractivity (Wildman–Crippen MR) is 119 cm³/mol. The van der Waals surface area contributed by atoms with Gasteiger partial charge in [-0.05, 0) is 43.2 Å². The molecule has 0 aliphatic carbocycles. The maximum atomic E-state index is 13.3. The van der Waals surface area contributed by atoms with Crippen molar-refractivity contribution < 1.29 is 18.0 Å². The summed E-state index contributed by atoms with van der Waals surface area (Å²) < 4.78 is 41.5. The molecule has 166 valence electrons. The van der Waals surface area contributed by atoms with Gasteiger partial charge in [0.1, 0.15) is 17.2 Å². The van der Waals surface area contributed by atoms with Gasteiger partial charge in [-0.3, -0.25) is 9.20 Å². The molecule has 0 spiro atoms. The van der Waals surface area contributed by atoms with E-state index >= 15 is 0 Å². The Morgan fingerprint density at radius 1 is 1.09 bits per heavy atom. The Hall–Kier alpha value is -4.32. The molecule has 0 unspecified atom stereocenters. The molecule has 0 aliphatic heterocycles. The summed E-state index contributed by atoms with van der Waals surface area (Å²) in [6, 6.07) is 11.8. The number of alkyl halides is 3. The molecule has 0 aliphatic rings. The van der Waals surface area contributed by atoms with Crippen LogP contribution in [-0.2, 0) is 11.0 Å². The molecule has 9 heteroatoms. The van der Waals surface area contributed by atoms with Gasteiger partial charge in [-0.2, -0.15) is 13.2 Å². The predicted octanol–water partition coefficient (Wildman–Crippen LogP) is 4.66. The number of nitrogens with one attached hydrogen (secondary N) is 1. The Labute approximate surface area is 187 Å². The van der Waals surface area contributed by atoms with Crippen molar-refractivity contribution >= 4 is 23.2 Å². The van der Waals surface area contributed by atoms with Crippen LogP contribution in [0.25, 0.3) is 16.8 Å². The number of benzene rings is 1. The average molecular weight is 449 g/mol. The number of amides is 1. The van der Waals surface area contributed by atoms with Crippen LogP contribution in [0.3, 0.4) is 0 Å². The number of imidazole rings is 1. The number of hydrogen-bond donors (Lipinski definition) is 2. The molecule has 4 rings (SSSR count). The van der Waals surface area contributed by atoms with E-state index in [2.05, 4.69) is 27.1 Å². The first-order valence-electron chi connectivity index (χ1n) is 9.83. The normalized spacial score (nSPS) is 11.2. The van der Waals surface area contributed by atoms with E-state index in [0.717, 1.165) is 17.2 Å². The van der Waals surface area contributed by atoms with Crippen molar-refractivity contribution in [1.82, 2.24) is 14.4 Å². The van der Waals surface area contributed by atoms with Crippen molar-refractivity contribution in [2.45, 2.75) is 20.0 Å². The van der Waals surface area contributed by atoms with Gasteiger partial charge in [0.25, 0.3) is 0 Å². The average Bonchev–Trinajstić information content (AvgIpc) is 3.08. The minimum atomic E-state index is -4.63. The SMILES string of the molecule is CC(=O)Nc1nc2ccc(-c3cnc(N)c(C(F)(F)F)c3)cn2c1C#Cc1ccc(C)cc1. The molecule has 0 atom stereocenters. The first kappa shape index (κ1) is 21.9. The maximum absolute atomic E-state index is 13.3. The van der Waals surface area contributed by atoms with Gasteiger partial charge in [0.2, 0.25) is 5.91 Å². The van der Waals surface area contributed by atoms with Crippen molar-refractivity contribution in [2.24, 2.45) is 0 Å². The number of rotatable bonds is 2. The van der Waals surface area contributed by atoms with Gasteiger partial charge in [0.05, 0.1) is 5.56 Å². The number of fused-ring (bicyclic) bond motifs is 1. The molecule has 0 bridgehead atoms. The second-order valence-corrected chi connectivity index (χ2v) is 7.41. The fourth-order valence-corrected chi connectivity index (χ4v) is 3.22. The molecule has 1 aromatic carbocycles. The van der Waals surface area contributed by atoms with Crippen LogP contribution in [0.15, 0.2) is 54.9 Å². The molecular weight excluding hydrogens is 431 g/mol. The summed E-state index contributed by atoms with van der Waals surface area (Å²) in [6.07, 6.45) is -1.76. The minimum Gasteiger partial charge on any atom is -0.383 e. The molecule has 6 nitrogen and oxygen atoms in total. The highest BCUT2D eigenvalue weighted by Crippen LogP contribution is 2.35. The fourth-order valence-electron chi connectivity index (χ4n) is 3.22. The highest BCUT2D eigenvalue weighted by Gasteiger charge is 2.34. The molecule has 4 aromatic rings. The van der Waals surface area contributed by atoms with Crippen LogP contribution in [-0.4, -0.2) is 20.3 Å². The van der Waals surface area contributed by atoms with E-state index in [4.69, 9.17) is 5.73 Å². The van der Waals surface area contributed by atoms with Crippen molar-refractivity contribution in [1.29, 1.82) is 0 Å². The topological polar surface area (TPSA) is 85.3 Å². The minimum absolute atomic E-state index is 0.227. The highest BCUT2D eigenvalue weighted by atomic mass is 19.4. The van der Waals surface area contributed by atoms with Crippen LogP contribution >= 0.6 is 0 Å². The van der Waals surface area contributed by atoms with E-state index in [0.29, 0.717) is 16.9 Å². The molecule has 0 saturated carbocycles. The van der Waals surface area contributed by atoms with Gasteiger partial charge in [-0.1, -0.05) is 23.6 Å². The quantitative estimate of drug-likeness (QED) is 0.436. The summed E-state index contributed by atoms with van der Waals surface area (Å²) in [5, 5.41) is 2.65. The molecule has 0 fully saturated rings. The number of nitrogen functional groups attached to an aromatic ring is 1. The van der Waals surface area contributed by atoms with Gasteiger partial charge >= 0.3 is 6.18 Å². The lowest BCUT2D eigenvalue weighted by molar-refractivity contribution is -0.137. The summed E-state index contributed by atoms with van der Waals surface area (Å²) in [4.78, 5) is 19.8. The number of aryl methyl sites for hydroxylation is 1. The van der Waals surface area contributed by atoms with Gasteiger partial charge < -0.3 is 11.1 Å². The lowest BCUT2D eigenvalue weighted by Crippen LogP contribution is -2.10. The third-order valence-electron chi connectivity index (χ3n) is 4.85. The first-order valence-corrected chi connectivity index (χ1v) is 9.83. The van der Waals surface area contributed by atoms with Gasteiger partial charge in [0.15, 0.2) is 5.82 Å². The van der Waals surface area contributed by atoms with Crippen LogP contribution in [0, 0.1) is 18.8 Å². The lowest BCUT2D eigenvalue weighted by Gasteiger charge is -2.11. The number of carbonyl (C=O) groups excluding carboxylic acids is 1. The third-order valence-corrected chi connectivity index (χ3v) is 4.85. The van der Waals surface area contributed by atoms with E-state index in [1.165, 1.54) is 13.1 Å². The maximum Gasteiger partial charge on any atom is 0.419 e. The highest BCUT2D eigenvalue weighted by molar-refractivity contribution is 5.89. The second kappa shape index (κ2) is 8.31. The van der Waals surface area contributed by atoms with Crippen LogP contribution < -0.4 is 11.1 Å². The van der Waals surface area contributed by atoms with Gasteiger partial charge in [-0.25, -0.2) is 9.97 Å². The number of carbonyl (C=O) groups is 1. The van der Waals surface area contributed by atoms with Crippen molar-refractivity contribution in [3.05, 3.63) is 77.2 Å². The summed E-state index contributed by atoms with van der Waals surface area (Å²) in [6.45, 7) is 3.32. The molecule has 33 heavy (non-hydrogen) atoms. The van der Waals surface area contributed by atoms with Crippen molar-refractivity contribution in [2.75, 3.05) is 11.1 Å². The monoisotopic (exact) mass is 449 g/mol. The third kappa shape index (κ3) is 4.65. The molecular formula is C24H18F3N5O. The van der Waals surface area contributed by atoms with Crippen LogP contribution in [0.5, 0.6) is 0 Å². The zero-order valence-corrected chi connectivity index (χ0v) is 17.7. The number of nitrogens with two attached hydrogens (primary N) is 1. The Balaban J connectivity index is 1.86. The van der Waals surface area contributed by atoms with Crippen molar-refractivity contribution in [3.8, 4) is 23.0 Å². The number of hydrogen-bond acceptors (Lipinski definition) is 4. The molecule has 3 heterocycles. The second-order valence-electron chi connectivity index (χ2n) is 7.41. The Morgan fingerprint density at radius 3 is 2.48 bits per heavy atom. The number of aromatic nitrogens is 3. The molecule has 0 saturated heterocycles. The summed E-state index contributed by atoms with van der Waals surface area (Å²) in [7, 11) is 0. The zero-order chi connectivity index (χ0) is 23.8. The number of nitrogens with zero attached hydrogens (tertiary/aromatic N) is 3. The van der Waals surface area contributed by atoms with Gasteiger partial charge in [-0.15, -0.1) is 0 Å². The van der Waals surface area contributed by atoms with E-state index in [1.54, 1.807) is 22.7 Å². The first-order chi connectivity index (χ1) is 15.6. The van der Waals surface area contributed by atoms with E-state index in [1.807, 2.05) is 31.2 Å². The van der Waals surface area contributed by atoms with Crippen LogP contribution in [0.2, 0.25) is 0 Å². The van der Waals surface area contributed by atoms with E-state index in [-0.39, 0.29) is 17.3 Å². The van der Waals surface area contributed by atoms with Gasteiger partial charge in [0, 0.05) is 36.0 Å². The largest absolute Gasteiger partial charge is 0.419 e. The Morgan fingerprint density at radius 2 is 1.82 bits per heavy atom. The summed E-state index contributed by atoms with van der Waals surface area (Å²) >= 11 is 0. The standard InChI is InChI=1S/C24H18F3N5O/c1-14-3-5-16(6-4-14)7-9-20-23(30-15(2)33)31-21-10-8-17(13-32(20)21)18-11-19(24(25,26)27)22(28)29-12-18/h3-6,8,10-13H,1-2H3,(H2,28,29)(H,30,33). The van der Waals surface area contributed by atoms with Crippen LogP contribution in [0.1, 0.15) is 29.3 Å². The molecule has 1 amide bonds. The number of pyridine rings is 2. The van der Waals surface area contributed by atoms with Crippen molar-refractivity contribution in [3.63, 3.8) is 0 Å². The smallest absolute Gasteiger partial charge is 0.383 e. The van der Waals surface area contributed by atoms with E-state index in [9.17, 15) is 18.0 Å². The summed E-state index contributed by atoms with van der Waals surface area (Å²) in [5.41, 5.74) is 7.80. The molecule has 3 aromatic heterocycles. The molecule has 0 radical (unpaired) electrons. The number of anilines is 2. The number of halogens is 3. The van der Waals surface area contributed by atoms with E-state index < -0.39 is 17.6 Å².